The predicted molar refractivity (Wildman–Crippen MR) is 83.7 cm³/mol. The summed E-state index contributed by atoms with van der Waals surface area (Å²) in [6, 6.07) is 11.9. The van der Waals surface area contributed by atoms with E-state index in [1.807, 2.05) is 24.3 Å². The van der Waals surface area contributed by atoms with E-state index < -0.39 is 0 Å². The minimum absolute atomic E-state index is 0.0869. The molecule has 4 heteroatoms. The van der Waals surface area contributed by atoms with E-state index >= 15 is 0 Å². The third-order valence-corrected chi connectivity index (χ3v) is 3.96. The highest BCUT2D eigenvalue weighted by Gasteiger charge is 2.13. The maximum absolute atomic E-state index is 5.95. The molecule has 3 nitrogen and oxygen atoms in total. The Hall–Kier alpha value is -1.52. The van der Waals surface area contributed by atoms with Crippen molar-refractivity contribution >= 4 is 11.3 Å². The lowest BCUT2D eigenvalue weighted by molar-refractivity contribution is 0.217. The van der Waals surface area contributed by atoms with E-state index in [0.717, 1.165) is 29.4 Å². The van der Waals surface area contributed by atoms with E-state index in [1.54, 1.807) is 11.3 Å². The number of nitrogens with two attached hydrogens (primary N) is 1. The molecule has 0 radical (unpaired) electrons. The number of rotatable bonds is 7. The van der Waals surface area contributed by atoms with E-state index in [2.05, 4.69) is 26.0 Å². The summed E-state index contributed by atoms with van der Waals surface area (Å²) in [5.74, 6) is 1.69. The molecule has 0 aliphatic heterocycles. The number of thiophene rings is 1. The summed E-state index contributed by atoms with van der Waals surface area (Å²) >= 11 is 1.72. The zero-order valence-corrected chi connectivity index (χ0v) is 12.8. The highest BCUT2D eigenvalue weighted by atomic mass is 32.1. The van der Waals surface area contributed by atoms with Gasteiger partial charge < -0.3 is 15.2 Å². The third kappa shape index (κ3) is 3.99. The molecule has 1 aromatic carbocycles. The molecule has 2 N–H and O–H groups in total. The van der Waals surface area contributed by atoms with Gasteiger partial charge >= 0.3 is 0 Å². The first-order chi connectivity index (χ1) is 9.72. The van der Waals surface area contributed by atoms with Crippen LogP contribution in [0.15, 0.2) is 36.4 Å². The van der Waals surface area contributed by atoms with Crippen molar-refractivity contribution in [3.8, 4) is 11.5 Å². The topological polar surface area (TPSA) is 44.5 Å². The van der Waals surface area contributed by atoms with Gasteiger partial charge in [-0.05, 0) is 49.7 Å². The maximum atomic E-state index is 5.95. The highest BCUT2D eigenvalue weighted by molar-refractivity contribution is 7.12. The van der Waals surface area contributed by atoms with Crippen molar-refractivity contribution in [2.24, 2.45) is 5.73 Å². The molecule has 0 spiro atoms. The van der Waals surface area contributed by atoms with Crippen LogP contribution in [-0.2, 0) is 0 Å². The molecule has 0 aliphatic rings. The van der Waals surface area contributed by atoms with Gasteiger partial charge in [-0.25, -0.2) is 0 Å². The van der Waals surface area contributed by atoms with Gasteiger partial charge in [-0.1, -0.05) is 6.92 Å². The number of hydrogen-bond donors (Lipinski definition) is 1. The zero-order valence-electron chi connectivity index (χ0n) is 12.0. The molecule has 0 aliphatic carbocycles. The molecule has 1 heterocycles. The van der Waals surface area contributed by atoms with Gasteiger partial charge in [0.15, 0.2) is 0 Å². The van der Waals surface area contributed by atoms with Gasteiger partial charge in [0.25, 0.3) is 0 Å². The Balaban J connectivity index is 2.00. The monoisotopic (exact) mass is 291 g/mol. The van der Waals surface area contributed by atoms with Gasteiger partial charge in [-0.3, -0.25) is 0 Å². The van der Waals surface area contributed by atoms with Crippen molar-refractivity contribution in [2.75, 3.05) is 13.2 Å². The van der Waals surface area contributed by atoms with Crippen LogP contribution in [0.1, 0.15) is 29.2 Å². The lowest BCUT2D eigenvalue weighted by atomic mass is 10.2. The van der Waals surface area contributed by atoms with Gasteiger partial charge in [0.1, 0.15) is 17.6 Å². The Morgan fingerprint density at radius 2 is 1.80 bits per heavy atom. The summed E-state index contributed by atoms with van der Waals surface area (Å²) in [5.41, 5.74) is 5.81. The highest BCUT2D eigenvalue weighted by Crippen LogP contribution is 2.28. The Kier molecular flexibility index (Phi) is 5.44. The van der Waals surface area contributed by atoms with Crippen LogP contribution in [0, 0.1) is 6.92 Å². The van der Waals surface area contributed by atoms with Crippen LogP contribution in [0.5, 0.6) is 11.5 Å². The lowest BCUT2D eigenvalue weighted by Crippen LogP contribution is -2.17. The molecule has 1 unspecified atom stereocenters. The lowest BCUT2D eigenvalue weighted by Gasteiger charge is -2.16. The van der Waals surface area contributed by atoms with Gasteiger partial charge in [0.05, 0.1) is 6.61 Å². The zero-order chi connectivity index (χ0) is 14.4. The van der Waals surface area contributed by atoms with Crippen LogP contribution in [-0.4, -0.2) is 13.2 Å². The van der Waals surface area contributed by atoms with E-state index in [9.17, 15) is 0 Å². The molecular weight excluding hydrogens is 270 g/mol. The molecule has 0 bridgehead atoms. The van der Waals surface area contributed by atoms with Crippen molar-refractivity contribution in [1.29, 1.82) is 0 Å². The summed E-state index contributed by atoms with van der Waals surface area (Å²) in [6.45, 7) is 5.38. The van der Waals surface area contributed by atoms with Gasteiger partial charge in [-0.15, -0.1) is 11.3 Å². The van der Waals surface area contributed by atoms with E-state index in [4.69, 9.17) is 15.2 Å². The Morgan fingerprint density at radius 1 is 1.10 bits per heavy atom. The van der Waals surface area contributed by atoms with Crippen LogP contribution in [0.2, 0.25) is 0 Å². The number of aryl methyl sites for hydroxylation is 1. The minimum atomic E-state index is -0.0869. The molecule has 108 valence electrons. The van der Waals surface area contributed by atoms with E-state index in [-0.39, 0.29) is 6.10 Å². The molecule has 2 rings (SSSR count). The third-order valence-electron chi connectivity index (χ3n) is 2.87. The van der Waals surface area contributed by atoms with Crippen LogP contribution in [0.25, 0.3) is 0 Å². The maximum Gasteiger partial charge on any atom is 0.145 e. The summed E-state index contributed by atoms with van der Waals surface area (Å²) in [6.07, 6.45) is 0.918. The molecule has 0 fully saturated rings. The minimum Gasteiger partial charge on any atom is -0.494 e. The second kappa shape index (κ2) is 7.31. The summed E-state index contributed by atoms with van der Waals surface area (Å²) in [4.78, 5) is 2.43. The number of hydrogen-bond acceptors (Lipinski definition) is 4. The van der Waals surface area contributed by atoms with Crippen molar-refractivity contribution < 1.29 is 9.47 Å². The number of benzene rings is 1. The van der Waals surface area contributed by atoms with Crippen LogP contribution in [0.3, 0.4) is 0 Å². The summed E-state index contributed by atoms with van der Waals surface area (Å²) < 4.78 is 11.5. The first kappa shape index (κ1) is 14.9. The summed E-state index contributed by atoms with van der Waals surface area (Å²) in [5, 5.41) is 0. The molecule has 0 saturated heterocycles. The van der Waals surface area contributed by atoms with Crippen LogP contribution in [0.4, 0.5) is 0 Å². The fourth-order valence-corrected chi connectivity index (χ4v) is 2.77. The van der Waals surface area contributed by atoms with Crippen molar-refractivity contribution in [3.05, 3.63) is 46.2 Å². The average molecular weight is 291 g/mol. The molecule has 1 aromatic heterocycles. The van der Waals surface area contributed by atoms with Crippen LogP contribution >= 0.6 is 11.3 Å². The van der Waals surface area contributed by atoms with Gasteiger partial charge in [0.2, 0.25) is 0 Å². The van der Waals surface area contributed by atoms with Crippen molar-refractivity contribution in [3.63, 3.8) is 0 Å². The molecule has 1 atom stereocenters. The van der Waals surface area contributed by atoms with Gasteiger partial charge in [-0.2, -0.15) is 0 Å². The second-order valence-corrected chi connectivity index (χ2v) is 5.93. The van der Waals surface area contributed by atoms with Crippen molar-refractivity contribution in [2.45, 2.75) is 26.4 Å². The van der Waals surface area contributed by atoms with Crippen LogP contribution < -0.4 is 15.2 Å². The molecule has 20 heavy (non-hydrogen) atoms. The predicted octanol–water partition coefficient (Wildman–Crippen LogP) is 3.92. The first-order valence-electron chi connectivity index (χ1n) is 6.89. The average Bonchev–Trinajstić information content (AvgIpc) is 2.90. The smallest absolute Gasteiger partial charge is 0.145 e. The first-order valence-corrected chi connectivity index (χ1v) is 7.70. The van der Waals surface area contributed by atoms with E-state index in [1.165, 1.54) is 4.88 Å². The normalized spacial score (nSPS) is 12.2. The molecule has 2 aromatic rings. The Labute approximate surface area is 124 Å². The molecule has 0 amide bonds. The molecule has 0 saturated carbocycles. The number of ether oxygens (including phenoxy) is 2. The van der Waals surface area contributed by atoms with Crippen molar-refractivity contribution in [1.82, 2.24) is 0 Å². The van der Waals surface area contributed by atoms with E-state index in [0.29, 0.717) is 6.54 Å². The fourth-order valence-electron chi connectivity index (χ4n) is 1.85. The summed E-state index contributed by atoms with van der Waals surface area (Å²) in [7, 11) is 0. The van der Waals surface area contributed by atoms with Gasteiger partial charge in [0, 0.05) is 16.3 Å². The fraction of sp³-hybridized carbons (Fsp3) is 0.375. The Morgan fingerprint density at radius 3 is 2.35 bits per heavy atom. The second-order valence-electron chi connectivity index (χ2n) is 4.61. The largest absolute Gasteiger partial charge is 0.494 e. The quantitative estimate of drug-likeness (QED) is 0.840. The molecular formula is C16H21NO2S. The SMILES string of the molecule is CCCOc1ccc(OC(CN)c2ccc(C)s2)cc1. The standard InChI is InChI=1S/C16H21NO2S/c1-3-10-18-13-5-7-14(8-6-13)19-15(11-17)16-9-4-12(2)20-16/h4-9,15H,3,10-11,17H2,1-2H3. The Bertz CT molecular complexity index is 522.